The Morgan fingerprint density at radius 2 is 1.62 bits per heavy atom. The maximum atomic E-state index is 12.1. The molecule has 2 N–H and O–H groups in total. The van der Waals surface area contributed by atoms with E-state index in [0.717, 1.165) is 15.4 Å². The Morgan fingerprint density at radius 1 is 1.00 bits per heavy atom. The van der Waals surface area contributed by atoms with Gasteiger partial charge in [0, 0.05) is 0 Å². The molecular formula is C26H30N2O5S. The predicted molar refractivity (Wildman–Crippen MR) is 134 cm³/mol. The van der Waals surface area contributed by atoms with Crippen molar-refractivity contribution in [2.24, 2.45) is 5.14 Å². The van der Waals surface area contributed by atoms with Gasteiger partial charge in [-0.15, -0.1) is 0 Å². The molecule has 0 aliphatic carbocycles. The van der Waals surface area contributed by atoms with Gasteiger partial charge in [-0.2, -0.15) is 8.42 Å². The first-order valence-electron chi connectivity index (χ1n) is 11.0. The minimum atomic E-state index is -4.20. The van der Waals surface area contributed by atoms with Crippen LogP contribution in [-0.4, -0.2) is 27.0 Å². The summed E-state index contributed by atoms with van der Waals surface area (Å²) >= 11 is 0. The standard InChI is InChI=1S/C26H30N2O5S/c1-5-32-26(29)20(4)28(34(27,30)31)23-12-14-24(15-13-23)33-17-21-10-7-11-22(16-21)25-18(2)8-6-9-19(25)3/h6-16,20H,5,17H2,1-4H3,(H2,27,30,31). The third-order valence-electron chi connectivity index (χ3n) is 5.45. The van der Waals surface area contributed by atoms with E-state index in [1.807, 2.05) is 12.1 Å². The fraction of sp³-hybridized carbons (Fsp3) is 0.269. The molecule has 0 aromatic heterocycles. The third kappa shape index (κ3) is 5.95. The number of esters is 1. The summed E-state index contributed by atoms with van der Waals surface area (Å²) in [5.74, 6) is -0.125. The highest BCUT2D eigenvalue weighted by atomic mass is 32.2. The van der Waals surface area contributed by atoms with Crippen LogP contribution >= 0.6 is 0 Å². The second-order valence-corrected chi connectivity index (χ2v) is 9.44. The lowest BCUT2D eigenvalue weighted by Crippen LogP contribution is -2.47. The third-order valence-corrected chi connectivity index (χ3v) is 6.52. The van der Waals surface area contributed by atoms with Crippen LogP contribution in [-0.2, 0) is 26.3 Å². The van der Waals surface area contributed by atoms with Gasteiger partial charge in [-0.05, 0) is 85.8 Å². The monoisotopic (exact) mass is 482 g/mol. The van der Waals surface area contributed by atoms with Gasteiger partial charge in [-0.3, -0.25) is 0 Å². The zero-order chi connectivity index (χ0) is 24.9. The molecule has 180 valence electrons. The number of anilines is 1. The maximum Gasteiger partial charge on any atom is 0.329 e. The molecule has 1 unspecified atom stereocenters. The summed E-state index contributed by atoms with van der Waals surface area (Å²) in [4.78, 5) is 12.1. The number of rotatable bonds is 9. The normalized spacial score (nSPS) is 12.1. The average molecular weight is 483 g/mol. The zero-order valence-corrected chi connectivity index (χ0v) is 20.6. The Hall–Kier alpha value is -3.36. The number of carbonyl (C=O) groups excluding carboxylic acids is 1. The van der Waals surface area contributed by atoms with Crippen LogP contribution in [0.2, 0.25) is 0 Å². The highest BCUT2D eigenvalue weighted by molar-refractivity contribution is 7.90. The molecule has 3 rings (SSSR count). The number of ether oxygens (including phenoxy) is 2. The molecule has 7 nitrogen and oxygen atoms in total. The molecule has 3 aromatic rings. The maximum absolute atomic E-state index is 12.1. The number of carbonyl (C=O) groups is 1. The zero-order valence-electron chi connectivity index (χ0n) is 19.8. The molecule has 0 spiro atoms. The molecule has 0 saturated carbocycles. The van der Waals surface area contributed by atoms with Crippen LogP contribution in [0.25, 0.3) is 11.1 Å². The van der Waals surface area contributed by atoms with Gasteiger partial charge in [0.2, 0.25) is 0 Å². The highest BCUT2D eigenvalue weighted by Crippen LogP contribution is 2.28. The molecular weight excluding hydrogens is 452 g/mol. The van der Waals surface area contributed by atoms with Crippen LogP contribution in [0.5, 0.6) is 5.75 Å². The fourth-order valence-corrected chi connectivity index (χ4v) is 4.83. The Labute approximate surface area is 201 Å². The molecule has 0 amide bonds. The summed E-state index contributed by atoms with van der Waals surface area (Å²) in [6.45, 7) is 7.75. The van der Waals surface area contributed by atoms with E-state index >= 15 is 0 Å². The topological polar surface area (TPSA) is 98.9 Å². The number of nitrogens with zero attached hydrogens (tertiary/aromatic N) is 1. The number of hydrogen-bond donors (Lipinski definition) is 1. The Kier molecular flexibility index (Phi) is 7.96. The molecule has 0 radical (unpaired) electrons. The molecule has 0 saturated heterocycles. The van der Waals surface area contributed by atoms with E-state index in [4.69, 9.17) is 14.6 Å². The van der Waals surface area contributed by atoms with Crippen LogP contribution in [0, 0.1) is 13.8 Å². The Morgan fingerprint density at radius 3 is 2.21 bits per heavy atom. The largest absolute Gasteiger partial charge is 0.489 e. The molecule has 3 aromatic carbocycles. The van der Waals surface area contributed by atoms with Crippen molar-refractivity contribution >= 4 is 21.9 Å². The SMILES string of the molecule is CCOC(=O)C(C)N(c1ccc(OCc2cccc(-c3c(C)cccc3C)c2)cc1)S(N)(=O)=O. The lowest BCUT2D eigenvalue weighted by molar-refractivity contribution is -0.144. The molecule has 0 aliphatic heterocycles. The lowest BCUT2D eigenvalue weighted by atomic mass is 9.95. The number of hydrogen-bond acceptors (Lipinski definition) is 5. The lowest BCUT2D eigenvalue weighted by Gasteiger charge is -2.27. The van der Waals surface area contributed by atoms with Gasteiger partial charge >= 0.3 is 5.97 Å². The van der Waals surface area contributed by atoms with Crippen molar-refractivity contribution < 1.29 is 22.7 Å². The summed E-state index contributed by atoms with van der Waals surface area (Å²) in [7, 11) is -4.20. The summed E-state index contributed by atoms with van der Waals surface area (Å²) in [5.41, 5.74) is 6.02. The Bertz CT molecular complexity index is 1240. The summed E-state index contributed by atoms with van der Waals surface area (Å²) in [6, 6.07) is 19.7. The molecule has 0 aliphatic rings. The van der Waals surface area contributed by atoms with E-state index in [1.54, 1.807) is 31.2 Å². The van der Waals surface area contributed by atoms with Crippen molar-refractivity contribution in [3.05, 3.63) is 83.4 Å². The Balaban J connectivity index is 1.76. The van der Waals surface area contributed by atoms with Gasteiger partial charge in [0.25, 0.3) is 10.2 Å². The van der Waals surface area contributed by atoms with Crippen LogP contribution in [0.3, 0.4) is 0 Å². The summed E-state index contributed by atoms with van der Waals surface area (Å²) in [5, 5.41) is 5.36. The van der Waals surface area contributed by atoms with Gasteiger partial charge in [0.15, 0.2) is 0 Å². The number of nitrogens with two attached hydrogens (primary N) is 1. The van der Waals surface area contributed by atoms with E-state index in [1.165, 1.54) is 23.6 Å². The van der Waals surface area contributed by atoms with Crippen molar-refractivity contribution in [2.75, 3.05) is 10.9 Å². The van der Waals surface area contributed by atoms with E-state index in [9.17, 15) is 13.2 Å². The van der Waals surface area contributed by atoms with Crippen LogP contribution in [0.15, 0.2) is 66.7 Å². The first-order valence-corrected chi connectivity index (χ1v) is 12.5. The minimum Gasteiger partial charge on any atom is -0.489 e. The van der Waals surface area contributed by atoms with E-state index in [2.05, 4.69) is 44.2 Å². The smallest absolute Gasteiger partial charge is 0.329 e. The second kappa shape index (κ2) is 10.7. The average Bonchev–Trinajstić information content (AvgIpc) is 2.78. The highest BCUT2D eigenvalue weighted by Gasteiger charge is 2.30. The predicted octanol–water partition coefficient (Wildman–Crippen LogP) is 4.51. The van der Waals surface area contributed by atoms with Gasteiger partial charge < -0.3 is 9.47 Å². The summed E-state index contributed by atoms with van der Waals surface area (Å²) < 4.78 is 36.0. The van der Waals surface area contributed by atoms with Gasteiger partial charge in [-0.1, -0.05) is 36.4 Å². The van der Waals surface area contributed by atoms with Crippen molar-refractivity contribution in [1.82, 2.24) is 0 Å². The molecule has 8 heteroatoms. The van der Waals surface area contributed by atoms with Crippen molar-refractivity contribution in [3.63, 3.8) is 0 Å². The fourth-order valence-electron chi connectivity index (χ4n) is 3.89. The molecule has 34 heavy (non-hydrogen) atoms. The molecule has 0 fully saturated rings. The van der Waals surface area contributed by atoms with Crippen LogP contribution in [0.1, 0.15) is 30.5 Å². The van der Waals surface area contributed by atoms with Gasteiger partial charge in [-0.25, -0.2) is 14.2 Å². The van der Waals surface area contributed by atoms with Gasteiger partial charge in [0.1, 0.15) is 18.4 Å². The van der Waals surface area contributed by atoms with Crippen molar-refractivity contribution in [1.29, 1.82) is 0 Å². The van der Waals surface area contributed by atoms with Crippen molar-refractivity contribution in [2.45, 2.75) is 40.3 Å². The molecule has 0 bridgehead atoms. The minimum absolute atomic E-state index is 0.138. The summed E-state index contributed by atoms with van der Waals surface area (Å²) in [6.07, 6.45) is 0. The second-order valence-electron chi connectivity index (χ2n) is 8.02. The first-order chi connectivity index (χ1) is 16.1. The number of benzene rings is 3. The van der Waals surface area contributed by atoms with Crippen LogP contribution in [0.4, 0.5) is 5.69 Å². The van der Waals surface area contributed by atoms with E-state index < -0.39 is 22.2 Å². The first kappa shape index (κ1) is 25.3. The molecule has 0 heterocycles. The molecule has 1 atom stereocenters. The van der Waals surface area contributed by atoms with E-state index in [0.29, 0.717) is 12.4 Å². The van der Waals surface area contributed by atoms with Crippen molar-refractivity contribution in [3.8, 4) is 16.9 Å². The van der Waals surface area contributed by atoms with E-state index in [-0.39, 0.29) is 12.3 Å². The number of aryl methyl sites for hydroxylation is 2. The van der Waals surface area contributed by atoms with Gasteiger partial charge in [0.05, 0.1) is 12.3 Å². The quantitative estimate of drug-likeness (QED) is 0.453. The van der Waals surface area contributed by atoms with Crippen LogP contribution < -0.4 is 14.2 Å².